The number of hydrogen-bond acceptors (Lipinski definition) is 3. The predicted octanol–water partition coefficient (Wildman–Crippen LogP) is -2.43. The molecule has 0 amide bonds. The molecular formula is C9H3F4O3Rb. The minimum atomic E-state index is -2.17. The summed E-state index contributed by atoms with van der Waals surface area (Å²) in [5.41, 5.74) is -1.17. The van der Waals surface area contributed by atoms with Crippen LogP contribution in [0, 0.1) is 23.3 Å². The molecule has 0 atom stereocenters. The van der Waals surface area contributed by atoms with E-state index in [9.17, 15) is 32.3 Å². The summed E-state index contributed by atoms with van der Waals surface area (Å²) in [6, 6.07) is 0.0962. The molecular weight excluding hydrogens is 318 g/mol. The first kappa shape index (κ1) is 16.9. The number of hydrogen-bond donors (Lipinski definition) is 0. The van der Waals surface area contributed by atoms with E-state index in [1.54, 1.807) is 0 Å². The van der Waals surface area contributed by atoms with Gasteiger partial charge in [-0.05, 0) is 6.07 Å². The third kappa shape index (κ3) is 3.94. The van der Waals surface area contributed by atoms with Crippen molar-refractivity contribution in [3.63, 3.8) is 0 Å². The van der Waals surface area contributed by atoms with Crippen molar-refractivity contribution >= 4 is 11.8 Å². The number of benzene rings is 1. The minimum absolute atomic E-state index is 0. The first-order valence-corrected chi connectivity index (χ1v) is 3.90. The number of rotatable bonds is 3. The van der Waals surface area contributed by atoms with Gasteiger partial charge >= 0.3 is 58.2 Å². The van der Waals surface area contributed by atoms with Crippen molar-refractivity contribution in [1.29, 1.82) is 0 Å². The van der Waals surface area contributed by atoms with Gasteiger partial charge < -0.3 is 9.90 Å². The predicted molar refractivity (Wildman–Crippen MR) is 40.2 cm³/mol. The Bertz CT molecular complexity index is 476. The van der Waals surface area contributed by atoms with E-state index in [4.69, 9.17) is 0 Å². The second-order valence-electron chi connectivity index (χ2n) is 2.82. The van der Waals surface area contributed by atoms with E-state index in [2.05, 4.69) is 0 Å². The number of ketones is 1. The average molecular weight is 321 g/mol. The van der Waals surface area contributed by atoms with Gasteiger partial charge in [0.2, 0.25) is 0 Å². The maximum absolute atomic E-state index is 12.9. The molecule has 0 aliphatic heterocycles. The van der Waals surface area contributed by atoms with Crippen LogP contribution in [0.2, 0.25) is 0 Å². The van der Waals surface area contributed by atoms with Crippen molar-refractivity contribution in [1.82, 2.24) is 0 Å². The normalized spacial score (nSPS) is 9.65. The summed E-state index contributed by atoms with van der Waals surface area (Å²) in [4.78, 5) is 21.0. The van der Waals surface area contributed by atoms with E-state index in [-0.39, 0.29) is 64.3 Å². The number of carboxylic acid groups (broad SMARTS) is 1. The van der Waals surface area contributed by atoms with E-state index >= 15 is 0 Å². The Hall–Kier alpha value is -0.115. The van der Waals surface area contributed by atoms with Crippen molar-refractivity contribution in [2.75, 3.05) is 0 Å². The maximum Gasteiger partial charge on any atom is 1.00 e. The third-order valence-corrected chi connectivity index (χ3v) is 1.71. The van der Waals surface area contributed by atoms with Gasteiger partial charge in [-0.15, -0.1) is 0 Å². The minimum Gasteiger partial charge on any atom is -0.550 e. The van der Waals surface area contributed by atoms with Crippen LogP contribution >= 0.6 is 0 Å². The van der Waals surface area contributed by atoms with Crippen LogP contribution < -0.4 is 63.3 Å². The number of carbonyl (C=O) groups excluding carboxylic acids is 2. The van der Waals surface area contributed by atoms with Gasteiger partial charge in [-0.25, -0.2) is 17.6 Å². The molecule has 0 aliphatic rings. The Morgan fingerprint density at radius 2 is 1.59 bits per heavy atom. The smallest absolute Gasteiger partial charge is 0.550 e. The fourth-order valence-electron chi connectivity index (χ4n) is 1.00. The molecule has 17 heavy (non-hydrogen) atoms. The summed E-state index contributed by atoms with van der Waals surface area (Å²) in [5, 5.41) is 10.0. The van der Waals surface area contributed by atoms with E-state index in [1.165, 1.54) is 0 Å². The quantitative estimate of drug-likeness (QED) is 0.205. The van der Waals surface area contributed by atoms with Crippen LogP contribution in [-0.4, -0.2) is 11.8 Å². The van der Waals surface area contributed by atoms with Gasteiger partial charge in [0.25, 0.3) is 0 Å². The van der Waals surface area contributed by atoms with Crippen molar-refractivity contribution in [2.45, 2.75) is 6.42 Å². The number of carboxylic acids is 1. The molecule has 0 fully saturated rings. The largest absolute Gasteiger partial charge is 1.00 e. The van der Waals surface area contributed by atoms with Crippen LogP contribution in [0.4, 0.5) is 17.6 Å². The zero-order chi connectivity index (χ0) is 12.5. The zero-order valence-electron chi connectivity index (χ0n) is 8.52. The molecule has 0 unspecified atom stereocenters. The Morgan fingerprint density at radius 1 is 1.06 bits per heavy atom. The molecule has 3 nitrogen and oxygen atoms in total. The Labute approximate surface area is 142 Å². The molecule has 86 valence electrons. The second kappa shape index (κ2) is 6.72. The number of halogens is 4. The van der Waals surface area contributed by atoms with Crippen LogP contribution in [0.1, 0.15) is 16.8 Å². The summed E-state index contributed by atoms with van der Waals surface area (Å²) >= 11 is 0. The molecule has 0 heterocycles. The van der Waals surface area contributed by atoms with Gasteiger partial charge in [0.1, 0.15) is 0 Å². The monoisotopic (exact) mass is 320 g/mol. The SMILES string of the molecule is O=C([O-])CC(=O)c1cc(F)c(F)c(F)c1F.[Rb+]. The summed E-state index contributed by atoms with van der Waals surface area (Å²) < 4.78 is 50.7. The van der Waals surface area contributed by atoms with Crippen LogP contribution in [-0.2, 0) is 4.79 Å². The molecule has 1 rings (SSSR count). The average Bonchev–Trinajstić information content (AvgIpc) is 2.19. The summed E-state index contributed by atoms with van der Waals surface area (Å²) in [6.45, 7) is 0. The fourth-order valence-corrected chi connectivity index (χ4v) is 1.00. The van der Waals surface area contributed by atoms with Gasteiger partial charge in [-0.1, -0.05) is 0 Å². The number of aliphatic carboxylic acids is 1. The van der Waals surface area contributed by atoms with Crippen molar-refractivity contribution < 1.29 is 90.4 Å². The first-order chi connectivity index (χ1) is 7.34. The van der Waals surface area contributed by atoms with Crippen LogP contribution in [0.5, 0.6) is 0 Å². The Balaban J connectivity index is 0.00000256. The Kier molecular flexibility index (Phi) is 6.67. The van der Waals surface area contributed by atoms with E-state index in [0.717, 1.165) is 0 Å². The zero-order valence-corrected chi connectivity index (χ0v) is 13.4. The second-order valence-corrected chi connectivity index (χ2v) is 2.82. The van der Waals surface area contributed by atoms with Gasteiger partial charge in [0, 0.05) is 5.97 Å². The van der Waals surface area contributed by atoms with E-state index < -0.39 is 47.0 Å². The summed E-state index contributed by atoms with van der Waals surface area (Å²) in [5.74, 6) is -11.2. The third-order valence-electron chi connectivity index (χ3n) is 1.71. The molecule has 0 bridgehead atoms. The number of carbonyl (C=O) groups is 2. The van der Waals surface area contributed by atoms with Crippen molar-refractivity contribution in [3.8, 4) is 0 Å². The standard InChI is InChI=1S/C9H4F4O3.Rb/c10-4-1-3(5(14)2-6(15)16)7(11)9(13)8(4)12;/h1H,2H2,(H,15,16);/q;+1/p-1. The van der Waals surface area contributed by atoms with Crippen molar-refractivity contribution in [2.24, 2.45) is 0 Å². The molecule has 0 spiro atoms. The molecule has 0 saturated heterocycles. The topological polar surface area (TPSA) is 57.2 Å². The molecule has 0 aliphatic carbocycles. The number of Topliss-reactive ketones (excluding diaryl/α,β-unsaturated/α-hetero) is 1. The van der Waals surface area contributed by atoms with E-state index in [0.29, 0.717) is 0 Å². The van der Waals surface area contributed by atoms with Gasteiger partial charge in [0.15, 0.2) is 29.1 Å². The fraction of sp³-hybridized carbons (Fsp3) is 0.111. The molecule has 1 aromatic carbocycles. The molecule has 0 aromatic heterocycles. The Morgan fingerprint density at radius 3 is 2.06 bits per heavy atom. The van der Waals surface area contributed by atoms with Crippen LogP contribution in [0.25, 0.3) is 0 Å². The molecule has 1 aromatic rings. The van der Waals surface area contributed by atoms with Crippen LogP contribution in [0.3, 0.4) is 0 Å². The molecule has 0 N–H and O–H groups in total. The van der Waals surface area contributed by atoms with Crippen LogP contribution in [0.15, 0.2) is 6.07 Å². The summed E-state index contributed by atoms with van der Waals surface area (Å²) in [6.07, 6.45) is -1.25. The molecule has 0 saturated carbocycles. The summed E-state index contributed by atoms with van der Waals surface area (Å²) in [7, 11) is 0. The molecule has 0 radical (unpaired) electrons. The van der Waals surface area contributed by atoms with Gasteiger partial charge in [-0.3, -0.25) is 4.79 Å². The first-order valence-electron chi connectivity index (χ1n) is 3.90. The maximum atomic E-state index is 12.9. The van der Waals surface area contributed by atoms with Gasteiger partial charge in [0.05, 0.1) is 12.0 Å². The van der Waals surface area contributed by atoms with Gasteiger partial charge in [-0.2, -0.15) is 0 Å². The van der Waals surface area contributed by atoms with Crippen molar-refractivity contribution in [3.05, 3.63) is 34.9 Å². The van der Waals surface area contributed by atoms with E-state index in [1.807, 2.05) is 0 Å². The molecule has 8 heteroatoms.